The highest BCUT2D eigenvalue weighted by Crippen LogP contribution is 2.50. The number of hydrogen-bond donors (Lipinski definition) is 3. The van der Waals surface area contributed by atoms with Gasteiger partial charge in [-0.2, -0.15) is 0 Å². The first-order valence-corrected chi connectivity index (χ1v) is 12.1. The summed E-state index contributed by atoms with van der Waals surface area (Å²) in [6, 6.07) is -2.93. The molecule has 0 radical (unpaired) electrons. The number of thioether (sulfide) groups is 1. The standard InChI is InChI=1S/C21H28N4O7S/c1-9-14-13(11(3)26)19(29)25(14)15(20(30)31)16(9)33-8-12-18(28)24(21(32)22-12)10(2)17(27)23-6-4-5-7-23/h9-14,26H,4-8H2,1-3H3,(H,22,32)(H,30,31)/t9-,10?,11-,12+,13-,14-/m1/s1. The van der Waals surface area contributed by atoms with E-state index in [9.17, 15) is 34.2 Å². The normalized spacial score (nSPS) is 31.0. The zero-order valence-electron chi connectivity index (χ0n) is 18.7. The number of carboxylic acids is 1. The molecule has 4 aliphatic heterocycles. The Morgan fingerprint density at radius 1 is 1.15 bits per heavy atom. The van der Waals surface area contributed by atoms with Gasteiger partial charge in [0.1, 0.15) is 17.8 Å². The molecule has 0 bridgehead atoms. The second kappa shape index (κ2) is 8.64. The number of imide groups is 1. The van der Waals surface area contributed by atoms with Gasteiger partial charge in [0.2, 0.25) is 11.8 Å². The number of fused-ring (bicyclic) bond motifs is 1. The van der Waals surface area contributed by atoms with Crippen molar-refractivity contribution in [3.05, 3.63) is 10.6 Å². The molecule has 6 atom stereocenters. The van der Waals surface area contributed by atoms with Crippen LogP contribution in [0.5, 0.6) is 0 Å². The van der Waals surface area contributed by atoms with E-state index in [0.29, 0.717) is 18.0 Å². The fraction of sp³-hybridized carbons (Fsp3) is 0.667. The Balaban J connectivity index is 1.46. The van der Waals surface area contributed by atoms with Gasteiger partial charge in [-0.05, 0) is 26.7 Å². The summed E-state index contributed by atoms with van der Waals surface area (Å²) in [6.45, 7) is 6.05. The van der Waals surface area contributed by atoms with Crippen molar-refractivity contribution in [2.75, 3.05) is 18.8 Å². The molecule has 12 heteroatoms. The van der Waals surface area contributed by atoms with Crippen molar-refractivity contribution < 1.29 is 34.2 Å². The molecule has 5 amide bonds. The minimum atomic E-state index is -1.25. The number of carboxylic acid groups (broad SMARTS) is 1. The lowest BCUT2D eigenvalue weighted by atomic mass is 9.79. The zero-order valence-corrected chi connectivity index (χ0v) is 19.5. The smallest absolute Gasteiger partial charge is 0.353 e. The molecule has 3 N–H and O–H groups in total. The first kappa shape index (κ1) is 23.6. The third-order valence-corrected chi connectivity index (χ3v) is 8.31. The number of carbonyl (C=O) groups excluding carboxylic acids is 4. The number of amides is 5. The van der Waals surface area contributed by atoms with Crippen molar-refractivity contribution in [2.24, 2.45) is 11.8 Å². The number of hydrogen-bond acceptors (Lipinski definition) is 7. The largest absolute Gasteiger partial charge is 0.477 e. The van der Waals surface area contributed by atoms with E-state index in [1.807, 2.05) is 0 Å². The third-order valence-electron chi connectivity index (χ3n) is 6.93. The maximum absolute atomic E-state index is 12.9. The number of β-lactam (4-membered cyclic amide) rings is 1. The van der Waals surface area contributed by atoms with Crippen LogP contribution in [-0.2, 0) is 19.2 Å². The monoisotopic (exact) mass is 480 g/mol. The number of carbonyl (C=O) groups is 5. The van der Waals surface area contributed by atoms with Gasteiger partial charge in [0.15, 0.2) is 0 Å². The molecule has 180 valence electrons. The Morgan fingerprint density at radius 2 is 1.79 bits per heavy atom. The molecule has 4 rings (SSSR count). The van der Waals surface area contributed by atoms with Crippen molar-refractivity contribution in [1.29, 1.82) is 0 Å². The van der Waals surface area contributed by atoms with Crippen molar-refractivity contribution in [3.63, 3.8) is 0 Å². The molecular formula is C21H28N4O7S. The average molecular weight is 481 g/mol. The minimum Gasteiger partial charge on any atom is -0.477 e. The summed E-state index contributed by atoms with van der Waals surface area (Å²) in [6.07, 6.45) is 0.889. The molecule has 4 heterocycles. The molecule has 0 aromatic carbocycles. The van der Waals surface area contributed by atoms with Gasteiger partial charge >= 0.3 is 12.0 Å². The molecular weight excluding hydrogens is 452 g/mol. The van der Waals surface area contributed by atoms with Crippen molar-refractivity contribution in [3.8, 4) is 0 Å². The summed E-state index contributed by atoms with van der Waals surface area (Å²) in [7, 11) is 0. The predicted octanol–water partition coefficient (Wildman–Crippen LogP) is -0.195. The van der Waals surface area contributed by atoms with E-state index in [4.69, 9.17) is 0 Å². The molecule has 0 aromatic heterocycles. The molecule has 11 nitrogen and oxygen atoms in total. The quantitative estimate of drug-likeness (QED) is 0.335. The van der Waals surface area contributed by atoms with Gasteiger partial charge < -0.3 is 25.3 Å². The van der Waals surface area contributed by atoms with Crippen molar-refractivity contribution >= 4 is 41.5 Å². The SMILES string of the molecule is CC(C(=O)N1CCCC1)N1C(=O)N[C@@H](CSC2=C(C(=O)O)N3C(=O)[C@H]([C@@H](C)O)[C@H]3[C@H]2C)C1=O. The number of nitrogens with one attached hydrogen (secondary N) is 1. The Labute approximate surface area is 195 Å². The highest BCUT2D eigenvalue weighted by Gasteiger charge is 2.60. The van der Waals surface area contributed by atoms with Crippen LogP contribution in [0.2, 0.25) is 0 Å². The second-order valence-corrected chi connectivity index (χ2v) is 10.1. The molecule has 0 spiro atoms. The van der Waals surface area contributed by atoms with Crippen LogP contribution in [0.4, 0.5) is 4.79 Å². The first-order chi connectivity index (χ1) is 15.6. The van der Waals surface area contributed by atoms with Crippen LogP contribution in [0, 0.1) is 11.8 Å². The highest BCUT2D eigenvalue weighted by molar-refractivity contribution is 8.03. The van der Waals surface area contributed by atoms with Gasteiger partial charge in [-0.1, -0.05) is 6.92 Å². The summed E-state index contributed by atoms with van der Waals surface area (Å²) < 4.78 is 0. The van der Waals surface area contributed by atoms with Crippen molar-refractivity contribution in [2.45, 2.75) is 57.8 Å². The van der Waals surface area contributed by atoms with E-state index >= 15 is 0 Å². The lowest BCUT2D eigenvalue weighted by molar-refractivity contribution is -0.163. The van der Waals surface area contributed by atoms with Crippen LogP contribution >= 0.6 is 11.8 Å². The van der Waals surface area contributed by atoms with E-state index in [2.05, 4.69) is 5.32 Å². The van der Waals surface area contributed by atoms with Gasteiger partial charge in [0, 0.05) is 29.7 Å². The molecule has 0 aromatic rings. The summed E-state index contributed by atoms with van der Waals surface area (Å²) in [5.74, 6) is -3.42. The summed E-state index contributed by atoms with van der Waals surface area (Å²) in [5, 5.41) is 22.2. The van der Waals surface area contributed by atoms with Crippen LogP contribution < -0.4 is 5.32 Å². The van der Waals surface area contributed by atoms with Gasteiger partial charge in [0.25, 0.3) is 5.91 Å². The fourth-order valence-electron chi connectivity index (χ4n) is 5.23. The van der Waals surface area contributed by atoms with Crippen LogP contribution in [0.25, 0.3) is 0 Å². The third kappa shape index (κ3) is 3.68. The first-order valence-electron chi connectivity index (χ1n) is 11.1. The average Bonchev–Trinajstić information content (AvgIpc) is 3.42. The lowest BCUT2D eigenvalue weighted by Crippen LogP contribution is -2.63. The van der Waals surface area contributed by atoms with Gasteiger partial charge in [-0.25, -0.2) is 9.59 Å². The minimum absolute atomic E-state index is 0.0657. The number of rotatable bonds is 7. The number of urea groups is 1. The molecule has 1 unspecified atom stereocenters. The molecule has 0 saturated carbocycles. The number of aliphatic hydroxyl groups excluding tert-OH is 1. The summed E-state index contributed by atoms with van der Waals surface area (Å²) in [4.78, 5) is 66.7. The topological polar surface area (TPSA) is 148 Å². The Morgan fingerprint density at radius 3 is 2.36 bits per heavy atom. The van der Waals surface area contributed by atoms with Crippen molar-refractivity contribution in [1.82, 2.24) is 20.0 Å². The van der Waals surface area contributed by atoms with Gasteiger partial charge in [-0.15, -0.1) is 11.8 Å². The number of aliphatic hydroxyl groups is 1. The molecule has 0 aliphatic carbocycles. The molecule has 3 saturated heterocycles. The van der Waals surface area contributed by atoms with Gasteiger partial charge in [0.05, 0.1) is 18.1 Å². The van der Waals surface area contributed by atoms with Crippen LogP contribution in [0.1, 0.15) is 33.6 Å². The van der Waals surface area contributed by atoms with E-state index in [0.717, 1.165) is 29.5 Å². The Hall–Kier alpha value is -2.60. The maximum atomic E-state index is 12.9. The highest BCUT2D eigenvalue weighted by atomic mass is 32.2. The predicted molar refractivity (Wildman–Crippen MR) is 117 cm³/mol. The zero-order chi connectivity index (χ0) is 24.2. The fourth-order valence-corrected chi connectivity index (χ4v) is 6.53. The van der Waals surface area contributed by atoms with E-state index < -0.39 is 54.0 Å². The second-order valence-electron chi connectivity index (χ2n) is 9.00. The van der Waals surface area contributed by atoms with Gasteiger partial charge in [-0.3, -0.25) is 19.3 Å². The molecule has 4 aliphatic rings. The van der Waals surface area contributed by atoms with Crippen LogP contribution in [0.3, 0.4) is 0 Å². The van der Waals surface area contributed by atoms with E-state index in [1.54, 1.807) is 11.8 Å². The van der Waals surface area contributed by atoms with E-state index in [1.165, 1.54) is 18.7 Å². The van der Waals surface area contributed by atoms with Crippen LogP contribution in [-0.4, -0.2) is 97.7 Å². The summed E-state index contributed by atoms with van der Waals surface area (Å²) >= 11 is 1.11. The molecule has 33 heavy (non-hydrogen) atoms. The van der Waals surface area contributed by atoms with Crippen LogP contribution in [0.15, 0.2) is 10.6 Å². The number of nitrogens with zero attached hydrogens (tertiary/aromatic N) is 3. The number of aliphatic carboxylic acids is 1. The Bertz CT molecular complexity index is 945. The molecule has 3 fully saturated rings. The van der Waals surface area contributed by atoms with E-state index in [-0.39, 0.29) is 23.3 Å². The Kier molecular flexibility index (Phi) is 6.16. The maximum Gasteiger partial charge on any atom is 0.353 e. The number of likely N-dealkylation sites (tertiary alicyclic amines) is 1. The summed E-state index contributed by atoms with van der Waals surface area (Å²) in [5.41, 5.74) is -0.134. The lowest BCUT2D eigenvalue weighted by Gasteiger charge is -2.46.